The molecule has 5 heteroatoms. The van der Waals surface area contributed by atoms with Gasteiger partial charge in [-0.15, -0.1) is 0 Å². The fourth-order valence-corrected chi connectivity index (χ4v) is 3.04. The van der Waals surface area contributed by atoms with Crippen LogP contribution in [0.15, 0.2) is 22.7 Å². The Labute approximate surface area is 133 Å². The van der Waals surface area contributed by atoms with E-state index in [4.69, 9.17) is 11.6 Å². The highest BCUT2D eigenvalue weighted by molar-refractivity contribution is 9.10. The monoisotopic (exact) mass is 358 g/mol. The third-order valence-corrected chi connectivity index (χ3v) is 4.90. The lowest BCUT2D eigenvalue weighted by atomic mass is 10.2. The van der Waals surface area contributed by atoms with Crippen LogP contribution < -0.4 is 5.32 Å². The first-order valence-electron chi connectivity index (χ1n) is 7.13. The van der Waals surface area contributed by atoms with Crippen molar-refractivity contribution in [2.45, 2.75) is 25.7 Å². The number of hydrogen-bond donors (Lipinski definition) is 1. The van der Waals surface area contributed by atoms with E-state index in [1.54, 1.807) is 6.07 Å². The summed E-state index contributed by atoms with van der Waals surface area (Å²) in [4.78, 5) is 14.5. The van der Waals surface area contributed by atoms with E-state index in [2.05, 4.69) is 26.1 Å². The minimum atomic E-state index is -0.105. The summed E-state index contributed by atoms with van der Waals surface area (Å²) in [7, 11) is 0. The van der Waals surface area contributed by atoms with Crippen molar-refractivity contribution in [3.8, 4) is 0 Å². The molecule has 0 atom stereocenters. The minimum Gasteiger partial charge on any atom is -0.351 e. The van der Waals surface area contributed by atoms with Crippen molar-refractivity contribution in [1.82, 2.24) is 10.2 Å². The van der Waals surface area contributed by atoms with Crippen LogP contribution in [0, 0.1) is 0 Å². The molecular formula is C15H20BrClN2O. The number of nitrogens with zero attached hydrogens (tertiary/aromatic N) is 1. The van der Waals surface area contributed by atoms with E-state index in [1.807, 2.05) is 12.1 Å². The lowest BCUT2D eigenvalue weighted by molar-refractivity contribution is 0.0948. The molecule has 1 heterocycles. The van der Waals surface area contributed by atoms with Gasteiger partial charge in [-0.1, -0.05) is 30.5 Å². The summed E-state index contributed by atoms with van der Waals surface area (Å²) < 4.78 is 0.749. The van der Waals surface area contributed by atoms with Gasteiger partial charge in [0.05, 0.1) is 10.6 Å². The number of amides is 1. The van der Waals surface area contributed by atoms with Gasteiger partial charge in [0.25, 0.3) is 5.91 Å². The minimum absolute atomic E-state index is 0.105. The average Bonchev–Trinajstić information content (AvgIpc) is 2.70. The van der Waals surface area contributed by atoms with Crippen LogP contribution in [-0.2, 0) is 0 Å². The molecule has 1 fully saturated rings. The van der Waals surface area contributed by atoms with Gasteiger partial charge in [0, 0.05) is 17.6 Å². The van der Waals surface area contributed by atoms with Crippen molar-refractivity contribution in [1.29, 1.82) is 0 Å². The Morgan fingerprint density at radius 1 is 1.25 bits per heavy atom. The summed E-state index contributed by atoms with van der Waals surface area (Å²) in [6, 6.07) is 5.39. The first kappa shape index (κ1) is 15.8. The van der Waals surface area contributed by atoms with Crippen LogP contribution in [0.4, 0.5) is 0 Å². The second-order valence-corrected chi connectivity index (χ2v) is 6.35. The number of carbonyl (C=O) groups excluding carboxylic acids is 1. The van der Waals surface area contributed by atoms with E-state index in [-0.39, 0.29) is 5.91 Å². The Balaban J connectivity index is 1.81. The maximum Gasteiger partial charge on any atom is 0.252 e. The number of carbonyl (C=O) groups is 1. The van der Waals surface area contributed by atoms with Gasteiger partial charge in [0.15, 0.2) is 0 Å². The normalized spacial score (nSPS) is 16.7. The Hall–Kier alpha value is -0.580. The van der Waals surface area contributed by atoms with E-state index in [1.165, 1.54) is 25.7 Å². The second kappa shape index (κ2) is 8.01. The van der Waals surface area contributed by atoms with E-state index >= 15 is 0 Å². The maximum absolute atomic E-state index is 12.1. The van der Waals surface area contributed by atoms with Gasteiger partial charge in [-0.3, -0.25) is 4.79 Å². The molecule has 0 radical (unpaired) electrons. The molecule has 2 rings (SSSR count). The van der Waals surface area contributed by atoms with Gasteiger partial charge in [-0.2, -0.15) is 0 Å². The van der Waals surface area contributed by atoms with Crippen molar-refractivity contribution >= 4 is 33.4 Å². The summed E-state index contributed by atoms with van der Waals surface area (Å²) in [5.74, 6) is -0.105. The molecular weight excluding hydrogens is 340 g/mol. The Morgan fingerprint density at radius 2 is 1.95 bits per heavy atom. The zero-order chi connectivity index (χ0) is 14.4. The fraction of sp³-hybridized carbons (Fsp3) is 0.533. The molecule has 1 N–H and O–H groups in total. The highest BCUT2D eigenvalue weighted by Crippen LogP contribution is 2.25. The predicted octanol–water partition coefficient (Wildman–Crippen LogP) is 3.71. The molecule has 0 aromatic heterocycles. The topological polar surface area (TPSA) is 32.3 Å². The number of benzene rings is 1. The summed E-state index contributed by atoms with van der Waals surface area (Å²) >= 11 is 9.45. The average molecular weight is 360 g/mol. The van der Waals surface area contributed by atoms with Gasteiger partial charge in [0.1, 0.15) is 0 Å². The molecule has 3 nitrogen and oxygen atoms in total. The van der Waals surface area contributed by atoms with E-state index in [9.17, 15) is 4.79 Å². The number of halogens is 2. The zero-order valence-corrected chi connectivity index (χ0v) is 13.8. The Bertz CT molecular complexity index is 459. The molecule has 1 aliphatic heterocycles. The van der Waals surface area contributed by atoms with Crippen molar-refractivity contribution in [2.24, 2.45) is 0 Å². The SMILES string of the molecule is O=C(NCCN1CCCCCC1)c1cccc(Br)c1Cl. The van der Waals surface area contributed by atoms with Crippen LogP contribution in [0.2, 0.25) is 5.02 Å². The van der Waals surface area contributed by atoms with Crippen molar-refractivity contribution < 1.29 is 4.79 Å². The van der Waals surface area contributed by atoms with Crippen LogP contribution in [0.1, 0.15) is 36.0 Å². The van der Waals surface area contributed by atoms with Gasteiger partial charge < -0.3 is 10.2 Å². The first-order chi connectivity index (χ1) is 9.68. The highest BCUT2D eigenvalue weighted by Gasteiger charge is 2.13. The van der Waals surface area contributed by atoms with Crippen LogP contribution in [0.5, 0.6) is 0 Å². The molecule has 1 aromatic rings. The van der Waals surface area contributed by atoms with E-state index in [0.29, 0.717) is 17.1 Å². The Morgan fingerprint density at radius 3 is 2.65 bits per heavy atom. The van der Waals surface area contributed by atoms with Gasteiger partial charge in [-0.05, 0) is 54.0 Å². The van der Waals surface area contributed by atoms with Gasteiger partial charge in [0.2, 0.25) is 0 Å². The summed E-state index contributed by atoms with van der Waals surface area (Å²) in [5, 5.41) is 3.42. The second-order valence-electron chi connectivity index (χ2n) is 5.11. The molecule has 110 valence electrons. The number of nitrogens with one attached hydrogen (secondary N) is 1. The largest absolute Gasteiger partial charge is 0.351 e. The first-order valence-corrected chi connectivity index (χ1v) is 8.30. The third kappa shape index (κ3) is 4.47. The summed E-state index contributed by atoms with van der Waals surface area (Å²) in [6.45, 7) is 3.88. The molecule has 1 aromatic carbocycles. The molecule has 1 saturated heterocycles. The molecule has 0 spiro atoms. The molecule has 1 aliphatic rings. The maximum atomic E-state index is 12.1. The highest BCUT2D eigenvalue weighted by atomic mass is 79.9. The lowest BCUT2D eigenvalue weighted by Crippen LogP contribution is -2.35. The standard InChI is InChI=1S/C15H20BrClN2O/c16-13-7-5-6-12(14(13)17)15(20)18-8-11-19-9-3-1-2-4-10-19/h5-7H,1-4,8-11H2,(H,18,20). The van der Waals surface area contributed by atoms with E-state index in [0.717, 1.165) is 24.1 Å². The fourth-order valence-electron chi connectivity index (χ4n) is 2.46. The van der Waals surface area contributed by atoms with Crippen LogP contribution >= 0.6 is 27.5 Å². The summed E-state index contributed by atoms with van der Waals surface area (Å²) in [6.07, 6.45) is 5.20. The van der Waals surface area contributed by atoms with Crippen LogP contribution in [-0.4, -0.2) is 37.0 Å². The van der Waals surface area contributed by atoms with Crippen molar-refractivity contribution in [3.05, 3.63) is 33.3 Å². The van der Waals surface area contributed by atoms with Gasteiger partial charge >= 0.3 is 0 Å². The van der Waals surface area contributed by atoms with E-state index < -0.39 is 0 Å². The Kier molecular flexibility index (Phi) is 6.33. The smallest absolute Gasteiger partial charge is 0.252 e. The molecule has 1 amide bonds. The zero-order valence-electron chi connectivity index (χ0n) is 11.5. The quantitative estimate of drug-likeness (QED) is 0.889. The molecule has 0 saturated carbocycles. The van der Waals surface area contributed by atoms with Crippen LogP contribution in [0.3, 0.4) is 0 Å². The number of likely N-dealkylation sites (tertiary alicyclic amines) is 1. The van der Waals surface area contributed by atoms with Crippen LogP contribution in [0.25, 0.3) is 0 Å². The third-order valence-electron chi connectivity index (χ3n) is 3.61. The molecule has 0 aliphatic carbocycles. The molecule has 0 unspecified atom stereocenters. The number of rotatable bonds is 4. The molecule has 0 bridgehead atoms. The predicted molar refractivity (Wildman–Crippen MR) is 86.4 cm³/mol. The number of hydrogen-bond acceptors (Lipinski definition) is 2. The lowest BCUT2D eigenvalue weighted by Gasteiger charge is -2.19. The molecule has 20 heavy (non-hydrogen) atoms. The van der Waals surface area contributed by atoms with Crippen molar-refractivity contribution in [2.75, 3.05) is 26.2 Å². The van der Waals surface area contributed by atoms with Crippen molar-refractivity contribution in [3.63, 3.8) is 0 Å². The van der Waals surface area contributed by atoms with Gasteiger partial charge in [-0.25, -0.2) is 0 Å². The summed E-state index contributed by atoms with van der Waals surface area (Å²) in [5.41, 5.74) is 0.525.